The van der Waals surface area contributed by atoms with Gasteiger partial charge in [-0.05, 0) is 69.4 Å². The van der Waals surface area contributed by atoms with Crippen molar-refractivity contribution in [2.75, 3.05) is 6.54 Å². The Morgan fingerprint density at radius 3 is 2.81 bits per heavy atom. The first-order valence-corrected chi connectivity index (χ1v) is 9.77. The molecule has 1 fully saturated rings. The van der Waals surface area contributed by atoms with E-state index < -0.39 is 0 Å². The van der Waals surface area contributed by atoms with Gasteiger partial charge in [-0.25, -0.2) is 4.98 Å². The number of imidazole rings is 1. The van der Waals surface area contributed by atoms with E-state index >= 15 is 0 Å². The molecule has 1 atom stereocenters. The number of aromatic amines is 1. The Bertz CT molecular complexity index is 931. The molecule has 2 aromatic heterocycles. The van der Waals surface area contributed by atoms with Gasteiger partial charge in [-0.2, -0.15) is 5.10 Å². The summed E-state index contributed by atoms with van der Waals surface area (Å²) in [6.07, 6.45) is 5.40. The molecule has 1 saturated heterocycles. The zero-order valence-electron chi connectivity index (χ0n) is 16.3. The van der Waals surface area contributed by atoms with Crippen LogP contribution in [0.4, 0.5) is 0 Å². The minimum absolute atomic E-state index is 0.0398. The standard InChI is InChI=1S/C21H27N5O/c1-14-12-17-18(13-15(14)2)24-21(23-17)19-6-4-5-10-25(19)20(27)8-11-26-16(3)7-9-22-26/h7,9,12-13,19H,4-6,8,10-11H2,1-3H3,(H,23,24). The third kappa shape index (κ3) is 3.48. The number of benzene rings is 1. The highest BCUT2D eigenvalue weighted by molar-refractivity contribution is 5.78. The van der Waals surface area contributed by atoms with Crippen LogP contribution in [0.3, 0.4) is 0 Å². The van der Waals surface area contributed by atoms with E-state index in [1.54, 1.807) is 6.20 Å². The summed E-state index contributed by atoms with van der Waals surface area (Å²) in [5.74, 6) is 1.10. The van der Waals surface area contributed by atoms with Crippen molar-refractivity contribution in [1.82, 2.24) is 24.6 Å². The Hall–Kier alpha value is -2.63. The molecule has 1 amide bonds. The fourth-order valence-corrected chi connectivity index (χ4v) is 3.94. The van der Waals surface area contributed by atoms with Crippen molar-refractivity contribution in [3.8, 4) is 0 Å². The average Bonchev–Trinajstić information content (AvgIpc) is 3.26. The van der Waals surface area contributed by atoms with E-state index in [0.717, 1.165) is 48.4 Å². The monoisotopic (exact) mass is 365 g/mol. The number of carbonyl (C=O) groups excluding carboxylic acids is 1. The first kappa shape index (κ1) is 17.8. The van der Waals surface area contributed by atoms with Crippen molar-refractivity contribution in [2.45, 2.75) is 59.0 Å². The molecule has 0 radical (unpaired) electrons. The number of piperidine rings is 1. The maximum absolute atomic E-state index is 13.0. The van der Waals surface area contributed by atoms with Gasteiger partial charge < -0.3 is 9.88 Å². The van der Waals surface area contributed by atoms with Crippen molar-refractivity contribution in [1.29, 1.82) is 0 Å². The van der Waals surface area contributed by atoms with E-state index in [4.69, 9.17) is 4.98 Å². The summed E-state index contributed by atoms with van der Waals surface area (Å²) in [7, 11) is 0. The Morgan fingerprint density at radius 1 is 1.22 bits per heavy atom. The van der Waals surface area contributed by atoms with Gasteiger partial charge in [0.25, 0.3) is 0 Å². The van der Waals surface area contributed by atoms with Crippen molar-refractivity contribution < 1.29 is 4.79 Å². The Labute approximate surface area is 159 Å². The van der Waals surface area contributed by atoms with Crippen molar-refractivity contribution in [2.24, 2.45) is 0 Å². The zero-order valence-corrected chi connectivity index (χ0v) is 16.3. The molecule has 0 saturated carbocycles. The van der Waals surface area contributed by atoms with Crippen LogP contribution >= 0.6 is 0 Å². The molecule has 0 bridgehead atoms. The highest BCUT2D eigenvalue weighted by Crippen LogP contribution is 2.31. The molecule has 3 aromatic rings. The van der Waals surface area contributed by atoms with E-state index in [1.807, 2.05) is 22.6 Å². The summed E-state index contributed by atoms with van der Waals surface area (Å²) in [6.45, 7) is 7.66. The maximum atomic E-state index is 13.0. The number of amides is 1. The second-order valence-corrected chi connectivity index (χ2v) is 7.62. The van der Waals surface area contributed by atoms with E-state index in [0.29, 0.717) is 13.0 Å². The lowest BCUT2D eigenvalue weighted by molar-refractivity contribution is -0.135. The lowest BCUT2D eigenvalue weighted by atomic mass is 10.0. The second-order valence-electron chi connectivity index (χ2n) is 7.62. The molecule has 1 unspecified atom stereocenters. The van der Waals surface area contributed by atoms with Gasteiger partial charge in [0.15, 0.2) is 0 Å². The van der Waals surface area contributed by atoms with Gasteiger partial charge >= 0.3 is 0 Å². The summed E-state index contributed by atoms with van der Waals surface area (Å²) >= 11 is 0. The van der Waals surface area contributed by atoms with Crippen LogP contribution in [0.15, 0.2) is 24.4 Å². The van der Waals surface area contributed by atoms with Crippen LogP contribution in [0.5, 0.6) is 0 Å². The topological polar surface area (TPSA) is 66.8 Å². The van der Waals surface area contributed by atoms with E-state index in [-0.39, 0.29) is 11.9 Å². The Kier molecular flexibility index (Phi) is 4.72. The summed E-state index contributed by atoms with van der Waals surface area (Å²) in [6, 6.07) is 6.28. The van der Waals surface area contributed by atoms with Crippen LogP contribution in [-0.4, -0.2) is 37.1 Å². The first-order chi connectivity index (χ1) is 13.0. The van der Waals surface area contributed by atoms with Crippen LogP contribution in [0.2, 0.25) is 0 Å². The molecule has 27 heavy (non-hydrogen) atoms. The third-order valence-electron chi connectivity index (χ3n) is 5.72. The number of hydrogen-bond acceptors (Lipinski definition) is 3. The molecular weight excluding hydrogens is 338 g/mol. The summed E-state index contributed by atoms with van der Waals surface area (Å²) < 4.78 is 1.89. The van der Waals surface area contributed by atoms with E-state index in [9.17, 15) is 4.79 Å². The molecule has 3 heterocycles. The molecule has 0 spiro atoms. The molecule has 6 heteroatoms. The smallest absolute Gasteiger partial charge is 0.225 e. The number of rotatable bonds is 4. The number of nitrogens with zero attached hydrogens (tertiary/aromatic N) is 4. The van der Waals surface area contributed by atoms with Crippen molar-refractivity contribution in [3.63, 3.8) is 0 Å². The maximum Gasteiger partial charge on any atom is 0.225 e. The third-order valence-corrected chi connectivity index (χ3v) is 5.72. The van der Waals surface area contributed by atoms with Gasteiger partial charge in [0.2, 0.25) is 5.91 Å². The Morgan fingerprint density at radius 2 is 2.04 bits per heavy atom. The number of fused-ring (bicyclic) bond motifs is 1. The molecule has 0 aliphatic carbocycles. The number of hydrogen-bond donors (Lipinski definition) is 1. The zero-order chi connectivity index (χ0) is 19.0. The summed E-state index contributed by atoms with van der Waals surface area (Å²) in [4.78, 5) is 23.3. The average molecular weight is 365 g/mol. The molecule has 6 nitrogen and oxygen atoms in total. The number of nitrogens with one attached hydrogen (secondary N) is 1. The minimum Gasteiger partial charge on any atom is -0.340 e. The first-order valence-electron chi connectivity index (χ1n) is 9.77. The van der Waals surface area contributed by atoms with Gasteiger partial charge in [0.1, 0.15) is 5.82 Å². The number of aryl methyl sites for hydroxylation is 4. The number of H-pyrrole nitrogens is 1. The second kappa shape index (κ2) is 7.18. The number of carbonyl (C=O) groups is 1. The van der Waals surface area contributed by atoms with Crippen molar-refractivity contribution in [3.05, 3.63) is 47.0 Å². The lowest BCUT2D eigenvalue weighted by Gasteiger charge is -2.34. The van der Waals surface area contributed by atoms with Crippen LogP contribution in [0.1, 0.15) is 54.4 Å². The predicted molar refractivity (Wildman–Crippen MR) is 105 cm³/mol. The molecule has 1 N–H and O–H groups in total. The fraction of sp³-hybridized carbons (Fsp3) is 0.476. The van der Waals surface area contributed by atoms with E-state index in [1.165, 1.54) is 11.1 Å². The van der Waals surface area contributed by atoms with Gasteiger partial charge in [0, 0.05) is 31.4 Å². The van der Waals surface area contributed by atoms with E-state index in [2.05, 4.69) is 36.1 Å². The van der Waals surface area contributed by atoms with Gasteiger partial charge in [-0.15, -0.1) is 0 Å². The van der Waals surface area contributed by atoms with Crippen LogP contribution < -0.4 is 0 Å². The molecule has 1 aliphatic heterocycles. The summed E-state index contributed by atoms with van der Waals surface area (Å²) in [5.41, 5.74) is 5.62. The number of aromatic nitrogens is 4. The molecule has 142 valence electrons. The van der Waals surface area contributed by atoms with Crippen LogP contribution in [0.25, 0.3) is 11.0 Å². The highest BCUT2D eigenvalue weighted by atomic mass is 16.2. The quantitative estimate of drug-likeness (QED) is 0.764. The lowest BCUT2D eigenvalue weighted by Crippen LogP contribution is -2.39. The largest absolute Gasteiger partial charge is 0.340 e. The molecule has 1 aromatic carbocycles. The van der Waals surface area contributed by atoms with Crippen LogP contribution in [-0.2, 0) is 11.3 Å². The molecular formula is C21H27N5O. The predicted octanol–water partition coefficient (Wildman–Crippen LogP) is 3.83. The normalized spacial score (nSPS) is 17.6. The van der Waals surface area contributed by atoms with Gasteiger partial charge in [-0.1, -0.05) is 0 Å². The minimum atomic E-state index is 0.0398. The fourth-order valence-electron chi connectivity index (χ4n) is 3.94. The van der Waals surface area contributed by atoms with Gasteiger partial charge in [-0.3, -0.25) is 9.48 Å². The Balaban J connectivity index is 1.55. The molecule has 1 aliphatic rings. The van der Waals surface area contributed by atoms with Crippen LogP contribution in [0, 0.1) is 20.8 Å². The number of likely N-dealkylation sites (tertiary alicyclic amines) is 1. The molecule has 4 rings (SSSR count). The SMILES string of the molecule is Cc1cc2nc(C3CCCCN3C(=O)CCn3nccc3C)[nH]c2cc1C. The van der Waals surface area contributed by atoms with Crippen molar-refractivity contribution >= 4 is 16.9 Å². The van der Waals surface area contributed by atoms with Gasteiger partial charge in [0.05, 0.1) is 17.1 Å². The summed E-state index contributed by atoms with van der Waals surface area (Å²) in [5, 5.41) is 4.28. The highest BCUT2D eigenvalue weighted by Gasteiger charge is 2.30.